The Morgan fingerprint density at radius 2 is 2.08 bits per heavy atom. The van der Waals surface area contributed by atoms with Crippen molar-refractivity contribution in [3.63, 3.8) is 0 Å². The lowest BCUT2D eigenvalue weighted by Crippen LogP contribution is -2.65. The minimum Gasteiger partial charge on any atom is -0.342 e. The van der Waals surface area contributed by atoms with Crippen LogP contribution >= 0.6 is 0 Å². The molecule has 126 valence electrons. The molecule has 0 radical (unpaired) electrons. The van der Waals surface area contributed by atoms with Crippen LogP contribution in [0.4, 0.5) is 0 Å². The van der Waals surface area contributed by atoms with Crippen molar-refractivity contribution in [1.29, 1.82) is 0 Å². The number of amides is 1. The number of aryl methyl sites for hydroxylation is 1. The lowest BCUT2D eigenvalue weighted by atomic mass is 9.89. The summed E-state index contributed by atoms with van der Waals surface area (Å²) in [5, 5.41) is 9.96. The van der Waals surface area contributed by atoms with Crippen LogP contribution in [0.5, 0.6) is 0 Å². The Balaban J connectivity index is 1.35. The van der Waals surface area contributed by atoms with Crippen LogP contribution in [0.15, 0.2) is 36.5 Å². The number of piperidine rings is 1. The molecule has 0 saturated carbocycles. The summed E-state index contributed by atoms with van der Waals surface area (Å²) in [6.07, 6.45) is 4.56. The van der Waals surface area contributed by atoms with E-state index in [1.807, 2.05) is 24.4 Å². The number of fused-ring (bicyclic) bond motifs is 1. The third-order valence-corrected chi connectivity index (χ3v) is 4.93. The van der Waals surface area contributed by atoms with E-state index >= 15 is 0 Å². The monoisotopic (exact) mass is 325 g/mol. The average molecular weight is 325 g/mol. The van der Waals surface area contributed by atoms with Gasteiger partial charge in [-0.15, -0.1) is 0 Å². The Morgan fingerprint density at radius 1 is 1.21 bits per heavy atom. The maximum atomic E-state index is 12.2. The third-order valence-electron chi connectivity index (χ3n) is 4.93. The van der Waals surface area contributed by atoms with Crippen molar-refractivity contribution >= 4 is 5.91 Å². The van der Waals surface area contributed by atoms with Crippen molar-refractivity contribution in [2.24, 2.45) is 5.92 Å². The van der Waals surface area contributed by atoms with E-state index < -0.39 is 0 Å². The summed E-state index contributed by atoms with van der Waals surface area (Å²) in [7, 11) is 0. The predicted octanol–water partition coefficient (Wildman–Crippen LogP) is 1.03. The van der Waals surface area contributed by atoms with Gasteiger partial charge in [0.15, 0.2) is 0 Å². The molecule has 1 aromatic heterocycles. The van der Waals surface area contributed by atoms with E-state index in [-0.39, 0.29) is 18.0 Å². The summed E-state index contributed by atoms with van der Waals surface area (Å²) in [6, 6.07) is 10.5. The molecule has 4 rings (SSSR count). The van der Waals surface area contributed by atoms with Gasteiger partial charge in [-0.1, -0.05) is 30.3 Å². The van der Waals surface area contributed by atoms with Crippen LogP contribution < -0.4 is 16.0 Å². The zero-order chi connectivity index (χ0) is 16.4. The van der Waals surface area contributed by atoms with Gasteiger partial charge in [0.25, 0.3) is 0 Å². The van der Waals surface area contributed by atoms with Gasteiger partial charge in [0.2, 0.25) is 5.91 Å². The number of aromatic nitrogens is 2. The number of aromatic amines is 1. The fourth-order valence-corrected chi connectivity index (χ4v) is 3.60. The molecule has 6 heteroatoms. The number of H-pyrrole nitrogens is 1. The molecule has 4 N–H and O–H groups in total. The first-order valence-corrected chi connectivity index (χ1v) is 8.66. The number of hydrogen-bond donors (Lipinski definition) is 4. The minimum absolute atomic E-state index is 0.0297. The molecule has 2 aromatic rings. The quantitative estimate of drug-likeness (QED) is 0.677. The molecule has 1 amide bonds. The Bertz CT molecular complexity index is 698. The van der Waals surface area contributed by atoms with Crippen molar-refractivity contribution < 1.29 is 4.79 Å². The highest BCUT2D eigenvalue weighted by atomic mass is 16.2. The second-order valence-electron chi connectivity index (χ2n) is 6.58. The van der Waals surface area contributed by atoms with Crippen LogP contribution in [0.25, 0.3) is 11.3 Å². The Morgan fingerprint density at radius 3 is 2.96 bits per heavy atom. The maximum absolute atomic E-state index is 12.2. The molecular weight excluding hydrogens is 302 g/mol. The molecule has 0 aliphatic carbocycles. The van der Waals surface area contributed by atoms with Gasteiger partial charge >= 0.3 is 0 Å². The van der Waals surface area contributed by atoms with Gasteiger partial charge in [-0.05, 0) is 24.9 Å². The number of carbonyl (C=O) groups is 1. The number of benzene rings is 1. The summed E-state index contributed by atoms with van der Waals surface area (Å²) >= 11 is 0. The molecule has 0 bridgehead atoms. The highest BCUT2D eigenvalue weighted by Gasteiger charge is 2.37. The van der Waals surface area contributed by atoms with Crippen LogP contribution in [0.2, 0.25) is 0 Å². The molecular formula is C18H23N5O. The second-order valence-corrected chi connectivity index (χ2v) is 6.58. The maximum Gasteiger partial charge on any atom is 0.227 e. The Hall–Kier alpha value is -2.18. The second kappa shape index (κ2) is 6.75. The SMILES string of the molecule is O=C1NC(CCc2ncc(-c3ccccc3)[nH]2)NC2CCNCC12. The standard InChI is InChI=1S/C18H23N5O/c24-18-13-10-19-9-8-14(13)21-17(23-18)7-6-16-20-11-15(22-16)12-4-2-1-3-5-12/h1-5,11,13-14,17,19,21H,6-10H2,(H,20,22)(H,23,24). The minimum atomic E-state index is 0.0297. The fraction of sp³-hybridized carbons (Fsp3) is 0.444. The first kappa shape index (κ1) is 15.4. The van der Waals surface area contributed by atoms with E-state index in [4.69, 9.17) is 0 Å². The van der Waals surface area contributed by atoms with Crippen LogP contribution in [0.1, 0.15) is 18.7 Å². The molecule has 0 spiro atoms. The summed E-state index contributed by atoms with van der Waals surface area (Å²) in [4.78, 5) is 20.1. The third kappa shape index (κ3) is 3.20. The van der Waals surface area contributed by atoms with Gasteiger partial charge in [0, 0.05) is 19.0 Å². The van der Waals surface area contributed by atoms with Crippen molar-refractivity contribution in [2.75, 3.05) is 13.1 Å². The lowest BCUT2D eigenvalue weighted by molar-refractivity contribution is -0.130. The largest absolute Gasteiger partial charge is 0.342 e. The van der Waals surface area contributed by atoms with E-state index in [1.165, 1.54) is 0 Å². The van der Waals surface area contributed by atoms with E-state index in [0.717, 1.165) is 49.4 Å². The fourth-order valence-electron chi connectivity index (χ4n) is 3.60. The van der Waals surface area contributed by atoms with Gasteiger partial charge in [0.05, 0.1) is 24.0 Å². The molecule has 2 aliphatic heterocycles. The van der Waals surface area contributed by atoms with E-state index in [9.17, 15) is 4.79 Å². The molecule has 3 atom stereocenters. The van der Waals surface area contributed by atoms with Crippen LogP contribution in [-0.4, -0.2) is 41.2 Å². The van der Waals surface area contributed by atoms with Crippen LogP contribution in [0.3, 0.4) is 0 Å². The zero-order valence-electron chi connectivity index (χ0n) is 13.6. The molecule has 2 aliphatic rings. The highest BCUT2D eigenvalue weighted by molar-refractivity contribution is 5.81. The summed E-state index contributed by atoms with van der Waals surface area (Å²) in [6.45, 7) is 1.75. The van der Waals surface area contributed by atoms with Gasteiger partial charge in [0.1, 0.15) is 5.82 Å². The molecule has 2 fully saturated rings. The summed E-state index contributed by atoms with van der Waals surface area (Å²) in [5.74, 6) is 1.18. The Kier molecular flexibility index (Phi) is 4.32. The summed E-state index contributed by atoms with van der Waals surface area (Å²) in [5.41, 5.74) is 2.17. The van der Waals surface area contributed by atoms with Gasteiger partial charge in [-0.3, -0.25) is 10.1 Å². The van der Waals surface area contributed by atoms with Crippen molar-refractivity contribution in [1.82, 2.24) is 25.9 Å². The van der Waals surface area contributed by atoms with Crippen molar-refractivity contribution in [3.05, 3.63) is 42.4 Å². The van der Waals surface area contributed by atoms with E-state index in [0.29, 0.717) is 6.04 Å². The van der Waals surface area contributed by atoms with Gasteiger partial charge in [-0.25, -0.2) is 4.98 Å². The topological polar surface area (TPSA) is 81.8 Å². The molecule has 3 unspecified atom stereocenters. The van der Waals surface area contributed by atoms with E-state index in [2.05, 4.69) is 38.1 Å². The first-order valence-electron chi connectivity index (χ1n) is 8.66. The van der Waals surface area contributed by atoms with Crippen molar-refractivity contribution in [2.45, 2.75) is 31.5 Å². The predicted molar refractivity (Wildman–Crippen MR) is 92.2 cm³/mol. The number of nitrogens with one attached hydrogen (secondary N) is 4. The summed E-state index contributed by atoms with van der Waals surface area (Å²) < 4.78 is 0. The molecule has 1 aromatic carbocycles. The number of hydrogen-bond acceptors (Lipinski definition) is 4. The van der Waals surface area contributed by atoms with E-state index in [1.54, 1.807) is 0 Å². The normalized spacial score (nSPS) is 26.7. The van der Waals surface area contributed by atoms with Crippen molar-refractivity contribution in [3.8, 4) is 11.3 Å². The van der Waals surface area contributed by atoms with Gasteiger partial charge in [-0.2, -0.15) is 0 Å². The Labute approximate surface area is 141 Å². The number of carbonyl (C=O) groups excluding carboxylic acids is 1. The first-order chi connectivity index (χ1) is 11.8. The number of rotatable bonds is 4. The van der Waals surface area contributed by atoms with Crippen LogP contribution in [0, 0.1) is 5.92 Å². The number of imidazole rings is 1. The highest BCUT2D eigenvalue weighted by Crippen LogP contribution is 2.19. The molecule has 6 nitrogen and oxygen atoms in total. The van der Waals surface area contributed by atoms with Crippen LogP contribution in [-0.2, 0) is 11.2 Å². The average Bonchev–Trinajstić information content (AvgIpc) is 3.10. The molecule has 2 saturated heterocycles. The number of nitrogens with zero attached hydrogens (tertiary/aromatic N) is 1. The zero-order valence-corrected chi connectivity index (χ0v) is 13.6. The van der Waals surface area contributed by atoms with Gasteiger partial charge < -0.3 is 15.6 Å². The lowest BCUT2D eigenvalue weighted by Gasteiger charge is -2.40. The molecule has 24 heavy (non-hydrogen) atoms. The molecule has 3 heterocycles. The smallest absolute Gasteiger partial charge is 0.227 e.